The van der Waals surface area contributed by atoms with Gasteiger partial charge in [0.25, 0.3) is 0 Å². The molecule has 1 heterocycles. The second-order valence-corrected chi connectivity index (χ2v) is 3.98. The standard InChI is InChI=1S/C12H18N2O/c1-10-2-4-11(5-3-10)13-6-7-14-12-8-15-9-12/h2-5,12-14H,6-9H2,1H3. The Hall–Kier alpha value is -1.06. The van der Waals surface area contributed by atoms with Gasteiger partial charge in [-0.25, -0.2) is 0 Å². The topological polar surface area (TPSA) is 33.3 Å². The summed E-state index contributed by atoms with van der Waals surface area (Å²) in [6.07, 6.45) is 0. The number of nitrogens with one attached hydrogen (secondary N) is 2. The van der Waals surface area contributed by atoms with E-state index in [1.165, 1.54) is 11.3 Å². The summed E-state index contributed by atoms with van der Waals surface area (Å²) in [4.78, 5) is 0. The van der Waals surface area contributed by atoms with Crippen molar-refractivity contribution in [1.82, 2.24) is 5.32 Å². The van der Waals surface area contributed by atoms with Gasteiger partial charge in [-0.3, -0.25) is 0 Å². The summed E-state index contributed by atoms with van der Waals surface area (Å²) in [5.41, 5.74) is 2.48. The molecular formula is C12H18N2O. The molecule has 0 spiro atoms. The van der Waals surface area contributed by atoms with E-state index in [1.54, 1.807) is 0 Å². The molecule has 0 aromatic heterocycles. The van der Waals surface area contributed by atoms with Gasteiger partial charge in [-0.15, -0.1) is 0 Å². The molecule has 0 saturated carbocycles. The molecule has 1 aliphatic heterocycles. The summed E-state index contributed by atoms with van der Waals surface area (Å²) in [5, 5.41) is 6.79. The highest BCUT2D eigenvalue weighted by Crippen LogP contribution is 2.07. The van der Waals surface area contributed by atoms with Crippen molar-refractivity contribution in [3.05, 3.63) is 29.8 Å². The van der Waals surface area contributed by atoms with Crippen molar-refractivity contribution in [1.29, 1.82) is 0 Å². The molecule has 3 heteroatoms. The van der Waals surface area contributed by atoms with Crippen LogP contribution in [0.3, 0.4) is 0 Å². The van der Waals surface area contributed by atoms with E-state index >= 15 is 0 Å². The van der Waals surface area contributed by atoms with Gasteiger partial charge in [0.15, 0.2) is 0 Å². The van der Waals surface area contributed by atoms with E-state index in [2.05, 4.69) is 41.8 Å². The molecule has 1 saturated heterocycles. The summed E-state index contributed by atoms with van der Waals surface area (Å²) < 4.78 is 5.08. The summed E-state index contributed by atoms with van der Waals surface area (Å²) >= 11 is 0. The zero-order valence-electron chi connectivity index (χ0n) is 9.12. The van der Waals surface area contributed by atoms with E-state index in [9.17, 15) is 0 Å². The van der Waals surface area contributed by atoms with Gasteiger partial charge in [0, 0.05) is 18.8 Å². The SMILES string of the molecule is Cc1ccc(NCCNC2COC2)cc1. The molecule has 1 aromatic carbocycles. The molecule has 0 aliphatic carbocycles. The van der Waals surface area contributed by atoms with Crippen molar-refractivity contribution in [3.63, 3.8) is 0 Å². The fourth-order valence-corrected chi connectivity index (χ4v) is 1.51. The number of anilines is 1. The molecule has 2 rings (SSSR count). The molecule has 1 aromatic rings. The molecule has 0 amide bonds. The Morgan fingerprint density at radius 3 is 2.53 bits per heavy atom. The minimum absolute atomic E-state index is 0.574. The van der Waals surface area contributed by atoms with Crippen molar-refractivity contribution >= 4 is 5.69 Å². The van der Waals surface area contributed by atoms with Crippen LogP contribution in [-0.4, -0.2) is 32.3 Å². The third kappa shape index (κ3) is 3.22. The Morgan fingerprint density at radius 2 is 1.93 bits per heavy atom. The van der Waals surface area contributed by atoms with Gasteiger partial charge >= 0.3 is 0 Å². The molecule has 2 N–H and O–H groups in total. The van der Waals surface area contributed by atoms with Crippen molar-refractivity contribution < 1.29 is 4.74 Å². The fraction of sp³-hybridized carbons (Fsp3) is 0.500. The zero-order chi connectivity index (χ0) is 10.5. The lowest BCUT2D eigenvalue weighted by atomic mass is 10.2. The van der Waals surface area contributed by atoms with E-state index < -0.39 is 0 Å². The minimum atomic E-state index is 0.574. The van der Waals surface area contributed by atoms with Crippen molar-refractivity contribution in [2.75, 3.05) is 31.6 Å². The highest BCUT2D eigenvalue weighted by molar-refractivity contribution is 5.44. The Bertz CT molecular complexity index is 293. The quantitative estimate of drug-likeness (QED) is 0.714. The van der Waals surface area contributed by atoms with Crippen LogP contribution < -0.4 is 10.6 Å². The number of hydrogen-bond donors (Lipinski definition) is 2. The normalized spacial score (nSPS) is 16.1. The number of ether oxygens (including phenoxy) is 1. The van der Waals surface area contributed by atoms with Crippen LogP contribution in [0.2, 0.25) is 0 Å². The third-order valence-electron chi connectivity index (χ3n) is 2.58. The summed E-state index contributed by atoms with van der Waals surface area (Å²) in [5.74, 6) is 0. The van der Waals surface area contributed by atoms with Gasteiger partial charge in [-0.2, -0.15) is 0 Å². The third-order valence-corrected chi connectivity index (χ3v) is 2.58. The van der Waals surface area contributed by atoms with Crippen LogP contribution in [0.25, 0.3) is 0 Å². The van der Waals surface area contributed by atoms with Crippen LogP contribution >= 0.6 is 0 Å². The molecule has 0 atom stereocenters. The van der Waals surface area contributed by atoms with Crippen LogP contribution in [0.4, 0.5) is 5.69 Å². The fourth-order valence-electron chi connectivity index (χ4n) is 1.51. The summed E-state index contributed by atoms with van der Waals surface area (Å²) in [6, 6.07) is 9.04. The van der Waals surface area contributed by atoms with E-state index in [0.717, 1.165) is 26.3 Å². The number of hydrogen-bond acceptors (Lipinski definition) is 3. The van der Waals surface area contributed by atoms with E-state index in [4.69, 9.17) is 4.74 Å². The van der Waals surface area contributed by atoms with E-state index in [-0.39, 0.29) is 0 Å². The molecule has 15 heavy (non-hydrogen) atoms. The minimum Gasteiger partial charge on any atom is -0.384 e. The molecule has 3 nitrogen and oxygen atoms in total. The van der Waals surface area contributed by atoms with Crippen molar-refractivity contribution in [3.8, 4) is 0 Å². The molecule has 0 radical (unpaired) electrons. The summed E-state index contributed by atoms with van der Waals surface area (Å²) in [6.45, 7) is 5.78. The maximum Gasteiger partial charge on any atom is 0.0643 e. The van der Waals surface area contributed by atoms with Gasteiger partial charge in [0.05, 0.1) is 19.3 Å². The number of aryl methyl sites for hydroxylation is 1. The molecule has 1 aliphatic rings. The van der Waals surface area contributed by atoms with E-state index in [0.29, 0.717) is 6.04 Å². The van der Waals surface area contributed by atoms with Gasteiger partial charge in [0.1, 0.15) is 0 Å². The molecular weight excluding hydrogens is 188 g/mol. The predicted octanol–water partition coefficient (Wildman–Crippen LogP) is 1.40. The Labute approximate surface area is 90.8 Å². The Morgan fingerprint density at radius 1 is 1.20 bits per heavy atom. The lowest BCUT2D eigenvalue weighted by Crippen LogP contribution is -2.47. The van der Waals surface area contributed by atoms with Crippen LogP contribution in [0.1, 0.15) is 5.56 Å². The average Bonchev–Trinajstić information content (AvgIpc) is 2.18. The highest BCUT2D eigenvalue weighted by atomic mass is 16.5. The van der Waals surface area contributed by atoms with Gasteiger partial charge in [-0.1, -0.05) is 17.7 Å². The maximum absolute atomic E-state index is 5.08. The first-order chi connectivity index (χ1) is 7.34. The lowest BCUT2D eigenvalue weighted by molar-refractivity contribution is -0.00433. The lowest BCUT2D eigenvalue weighted by Gasteiger charge is -2.27. The van der Waals surface area contributed by atoms with E-state index in [1.807, 2.05) is 0 Å². The second kappa shape index (κ2) is 5.14. The number of rotatable bonds is 5. The average molecular weight is 206 g/mol. The van der Waals surface area contributed by atoms with Crippen LogP contribution in [0, 0.1) is 6.92 Å². The Balaban J connectivity index is 1.62. The first-order valence-corrected chi connectivity index (χ1v) is 5.46. The van der Waals surface area contributed by atoms with Gasteiger partial charge in [-0.05, 0) is 19.1 Å². The first-order valence-electron chi connectivity index (χ1n) is 5.46. The molecule has 1 fully saturated rings. The predicted molar refractivity (Wildman–Crippen MR) is 62.3 cm³/mol. The monoisotopic (exact) mass is 206 g/mol. The molecule has 0 unspecified atom stereocenters. The van der Waals surface area contributed by atoms with Gasteiger partial charge < -0.3 is 15.4 Å². The van der Waals surface area contributed by atoms with Crippen LogP contribution in [0.15, 0.2) is 24.3 Å². The zero-order valence-corrected chi connectivity index (χ0v) is 9.12. The van der Waals surface area contributed by atoms with Crippen LogP contribution in [-0.2, 0) is 4.74 Å². The first kappa shape index (κ1) is 10.5. The van der Waals surface area contributed by atoms with Crippen molar-refractivity contribution in [2.45, 2.75) is 13.0 Å². The summed E-state index contributed by atoms with van der Waals surface area (Å²) in [7, 11) is 0. The molecule has 82 valence electrons. The largest absolute Gasteiger partial charge is 0.384 e. The van der Waals surface area contributed by atoms with Crippen molar-refractivity contribution in [2.24, 2.45) is 0 Å². The highest BCUT2D eigenvalue weighted by Gasteiger charge is 2.16. The molecule has 0 bridgehead atoms. The van der Waals surface area contributed by atoms with Crippen LogP contribution in [0.5, 0.6) is 0 Å². The maximum atomic E-state index is 5.08. The second-order valence-electron chi connectivity index (χ2n) is 3.98. The van der Waals surface area contributed by atoms with Gasteiger partial charge in [0.2, 0.25) is 0 Å². The smallest absolute Gasteiger partial charge is 0.0643 e. The Kier molecular flexibility index (Phi) is 3.59. The number of benzene rings is 1.